The van der Waals surface area contributed by atoms with Crippen LogP contribution in [0.1, 0.15) is 18.5 Å². The minimum atomic E-state index is -0.346. The number of Topliss-reactive ketones (excluding diaryl/α,β-unsaturated/α-hetero) is 1. The van der Waals surface area contributed by atoms with Crippen LogP contribution in [0.25, 0.3) is 21.9 Å². The summed E-state index contributed by atoms with van der Waals surface area (Å²) in [6, 6.07) is 5.12. The molecular weight excluding hydrogens is 374 g/mol. The molecule has 7 heteroatoms. The minimum Gasteiger partial charge on any atom is -0.301 e. The Bertz CT molecular complexity index is 1020. The largest absolute Gasteiger partial charge is 0.301 e. The van der Waals surface area contributed by atoms with Gasteiger partial charge >= 0.3 is 0 Å². The Kier molecular flexibility index (Phi) is 5.67. The molecule has 1 aliphatic rings. The number of carbonyl (C=O) groups is 1. The third-order valence-electron chi connectivity index (χ3n) is 5.68. The molecule has 29 heavy (non-hydrogen) atoms. The lowest BCUT2D eigenvalue weighted by molar-refractivity contribution is -0.123. The van der Waals surface area contributed by atoms with Gasteiger partial charge in [-0.1, -0.05) is 0 Å². The van der Waals surface area contributed by atoms with Gasteiger partial charge in [0.1, 0.15) is 18.3 Å². The Morgan fingerprint density at radius 1 is 1.17 bits per heavy atom. The molecule has 1 saturated heterocycles. The first-order valence-corrected chi connectivity index (χ1v) is 9.91. The molecule has 4 rings (SSSR count). The Labute approximate surface area is 168 Å². The topological polar surface area (TPSA) is 51.0 Å². The molecule has 0 bridgehead atoms. The van der Waals surface area contributed by atoms with Crippen LogP contribution in [0.15, 0.2) is 36.8 Å². The van der Waals surface area contributed by atoms with E-state index in [-0.39, 0.29) is 30.6 Å². The molecule has 1 aliphatic heterocycles. The number of fused-ring (bicyclic) bond motifs is 1. The fraction of sp³-hybridized carbons (Fsp3) is 0.409. The highest BCUT2D eigenvalue weighted by Crippen LogP contribution is 2.28. The van der Waals surface area contributed by atoms with Crippen molar-refractivity contribution in [2.45, 2.75) is 19.3 Å². The second-order valence-electron chi connectivity index (χ2n) is 7.71. The minimum absolute atomic E-state index is 0.00234. The summed E-state index contributed by atoms with van der Waals surface area (Å²) in [4.78, 5) is 19.1. The quantitative estimate of drug-likeness (QED) is 0.637. The normalized spacial score (nSPS) is 15.8. The summed E-state index contributed by atoms with van der Waals surface area (Å²) in [6.45, 7) is 1.63. The molecule has 0 spiro atoms. The number of ketones is 1. The van der Waals surface area contributed by atoms with E-state index >= 15 is 0 Å². The first kappa shape index (κ1) is 19.6. The van der Waals surface area contributed by atoms with E-state index in [4.69, 9.17) is 0 Å². The van der Waals surface area contributed by atoms with Crippen LogP contribution in [0.5, 0.6) is 0 Å². The van der Waals surface area contributed by atoms with Crippen molar-refractivity contribution >= 4 is 16.6 Å². The highest BCUT2D eigenvalue weighted by molar-refractivity contribution is 5.89. The molecular formula is C22H24F2N4O. The Hall–Kier alpha value is -2.67. The molecule has 0 amide bonds. The average molecular weight is 398 g/mol. The SMILES string of the molecule is Cn1cc(-c2cc3cc(CC(=O)C4CCN(CCF)CC4)ncc3cc2F)cn1. The highest BCUT2D eigenvalue weighted by Gasteiger charge is 2.25. The zero-order valence-electron chi connectivity index (χ0n) is 16.4. The van der Waals surface area contributed by atoms with Crippen LogP contribution >= 0.6 is 0 Å². The summed E-state index contributed by atoms with van der Waals surface area (Å²) in [5, 5.41) is 5.66. The summed E-state index contributed by atoms with van der Waals surface area (Å²) >= 11 is 0. The number of hydrogen-bond acceptors (Lipinski definition) is 4. The number of hydrogen-bond donors (Lipinski definition) is 0. The first-order chi connectivity index (χ1) is 14.0. The van der Waals surface area contributed by atoms with Gasteiger partial charge in [-0.2, -0.15) is 5.10 Å². The van der Waals surface area contributed by atoms with E-state index in [0.29, 0.717) is 28.8 Å². The van der Waals surface area contributed by atoms with Crippen LogP contribution in [0.2, 0.25) is 0 Å². The molecule has 0 radical (unpaired) electrons. The van der Waals surface area contributed by atoms with E-state index in [0.717, 1.165) is 31.3 Å². The maximum Gasteiger partial charge on any atom is 0.142 e. The molecule has 0 saturated carbocycles. The van der Waals surface area contributed by atoms with Crippen LogP contribution in [0, 0.1) is 11.7 Å². The van der Waals surface area contributed by atoms with E-state index in [1.54, 1.807) is 36.4 Å². The summed E-state index contributed by atoms with van der Waals surface area (Å²) in [5.41, 5.74) is 1.88. The van der Waals surface area contributed by atoms with Gasteiger partial charge in [0.15, 0.2) is 0 Å². The van der Waals surface area contributed by atoms with Crippen LogP contribution in [-0.2, 0) is 18.3 Å². The van der Waals surface area contributed by atoms with Crippen molar-refractivity contribution in [3.63, 3.8) is 0 Å². The maximum atomic E-state index is 14.5. The lowest BCUT2D eigenvalue weighted by Crippen LogP contribution is -2.37. The van der Waals surface area contributed by atoms with E-state index in [2.05, 4.69) is 15.0 Å². The van der Waals surface area contributed by atoms with E-state index in [1.165, 1.54) is 6.07 Å². The lowest BCUT2D eigenvalue weighted by Gasteiger charge is -2.30. The zero-order chi connectivity index (χ0) is 20.4. The summed E-state index contributed by atoms with van der Waals surface area (Å²) < 4.78 is 28.6. The third kappa shape index (κ3) is 4.34. The first-order valence-electron chi connectivity index (χ1n) is 9.91. The van der Waals surface area contributed by atoms with Gasteiger partial charge in [-0.15, -0.1) is 0 Å². The van der Waals surface area contributed by atoms with E-state index in [1.807, 2.05) is 6.07 Å². The molecule has 0 N–H and O–H groups in total. The molecule has 3 heterocycles. The zero-order valence-corrected chi connectivity index (χ0v) is 16.4. The summed E-state index contributed by atoms with van der Waals surface area (Å²) in [7, 11) is 1.79. The van der Waals surface area contributed by atoms with Gasteiger partial charge < -0.3 is 4.90 Å². The number of rotatable bonds is 6. The molecule has 5 nitrogen and oxygen atoms in total. The molecule has 3 aromatic rings. The van der Waals surface area contributed by atoms with Crippen molar-refractivity contribution in [1.82, 2.24) is 19.7 Å². The van der Waals surface area contributed by atoms with Crippen molar-refractivity contribution in [2.75, 3.05) is 26.3 Å². The Morgan fingerprint density at radius 3 is 2.66 bits per heavy atom. The Morgan fingerprint density at radius 2 is 1.97 bits per heavy atom. The number of aromatic nitrogens is 3. The van der Waals surface area contributed by atoms with Crippen molar-refractivity contribution in [3.05, 3.63) is 48.3 Å². The summed E-state index contributed by atoms with van der Waals surface area (Å²) in [5.74, 6) is -0.148. The van der Waals surface area contributed by atoms with Gasteiger partial charge in [0, 0.05) is 60.5 Å². The average Bonchev–Trinajstić information content (AvgIpc) is 3.14. The number of piperidine rings is 1. The van der Waals surface area contributed by atoms with Crippen LogP contribution in [0.3, 0.4) is 0 Å². The number of benzene rings is 1. The van der Waals surface area contributed by atoms with Crippen molar-refractivity contribution in [2.24, 2.45) is 13.0 Å². The predicted octanol–water partition coefficient (Wildman–Crippen LogP) is 3.57. The molecule has 0 atom stereocenters. The van der Waals surface area contributed by atoms with Crippen LogP contribution in [-0.4, -0.2) is 51.8 Å². The second-order valence-corrected chi connectivity index (χ2v) is 7.71. The van der Waals surface area contributed by atoms with Crippen LogP contribution in [0.4, 0.5) is 8.78 Å². The fourth-order valence-corrected chi connectivity index (χ4v) is 4.01. The molecule has 1 fully saturated rings. The predicted molar refractivity (Wildman–Crippen MR) is 108 cm³/mol. The van der Waals surface area contributed by atoms with E-state index in [9.17, 15) is 13.6 Å². The van der Waals surface area contributed by atoms with Gasteiger partial charge in [-0.25, -0.2) is 8.78 Å². The number of aryl methyl sites for hydroxylation is 1. The number of nitrogens with zero attached hydrogens (tertiary/aromatic N) is 4. The van der Waals surface area contributed by atoms with Gasteiger partial charge in [0.25, 0.3) is 0 Å². The number of likely N-dealkylation sites (tertiary alicyclic amines) is 1. The maximum absolute atomic E-state index is 14.5. The molecule has 152 valence electrons. The Balaban J connectivity index is 1.51. The van der Waals surface area contributed by atoms with Crippen molar-refractivity contribution < 1.29 is 13.6 Å². The van der Waals surface area contributed by atoms with Gasteiger partial charge in [-0.05, 0) is 49.5 Å². The smallest absolute Gasteiger partial charge is 0.142 e. The molecule has 0 aliphatic carbocycles. The number of halogens is 2. The highest BCUT2D eigenvalue weighted by atomic mass is 19.1. The monoisotopic (exact) mass is 398 g/mol. The van der Waals surface area contributed by atoms with Crippen molar-refractivity contribution in [1.29, 1.82) is 0 Å². The number of alkyl halides is 1. The molecule has 0 unspecified atom stereocenters. The van der Waals surface area contributed by atoms with Crippen molar-refractivity contribution in [3.8, 4) is 11.1 Å². The van der Waals surface area contributed by atoms with Crippen LogP contribution < -0.4 is 0 Å². The summed E-state index contributed by atoms with van der Waals surface area (Å²) in [6.07, 6.45) is 6.82. The lowest BCUT2D eigenvalue weighted by atomic mass is 9.90. The number of pyridine rings is 1. The van der Waals surface area contributed by atoms with Gasteiger partial charge in [0.2, 0.25) is 0 Å². The molecule has 1 aromatic carbocycles. The third-order valence-corrected chi connectivity index (χ3v) is 5.68. The standard InChI is InChI=1S/C22H24F2N4O/c1-27-14-18(13-26-27)20-9-16-8-19(25-12-17(16)10-21(20)24)11-22(29)15-2-5-28(6-3-15)7-4-23/h8-10,12-15H,2-7,11H2,1H3. The molecule has 2 aromatic heterocycles. The van der Waals surface area contributed by atoms with E-state index < -0.39 is 0 Å². The van der Waals surface area contributed by atoms with Gasteiger partial charge in [0.05, 0.1) is 6.20 Å². The number of carbonyl (C=O) groups excluding carboxylic acids is 1. The fourth-order valence-electron chi connectivity index (χ4n) is 4.01. The second kappa shape index (κ2) is 8.37. The van der Waals surface area contributed by atoms with Gasteiger partial charge in [-0.3, -0.25) is 14.5 Å².